The Kier molecular flexibility index (Phi) is 3.76. The van der Waals surface area contributed by atoms with Gasteiger partial charge in [-0.25, -0.2) is 14.8 Å². The first-order valence-corrected chi connectivity index (χ1v) is 6.68. The molecule has 2 heterocycles. The molecule has 0 aliphatic heterocycles. The van der Waals surface area contributed by atoms with Crippen LogP contribution in [0.15, 0.2) is 6.33 Å². The second kappa shape index (κ2) is 5.30. The van der Waals surface area contributed by atoms with Crippen LogP contribution in [0.2, 0.25) is 0 Å². The third kappa shape index (κ3) is 2.28. The van der Waals surface area contributed by atoms with E-state index in [0.717, 1.165) is 41.0 Å². The number of carboxylic acids is 1. The average molecular weight is 265 g/mol. The van der Waals surface area contributed by atoms with Gasteiger partial charge >= 0.3 is 5.97 Å². The van der Waals surface area contributed by atoms with E-state index in [0.29, 0.717) is 4.88 Å². The van der Waals surface area contributed by atoms with E-state index in [-0.39, 0.29) is 0 Å². The summed E-state index contributed by atoms with van der Waals surface area (Å²) < 4.78 is 0. The lowest BCUT2D eigenvalue weighted by Crippen LogP contribution is -2.04. The average Bonchev–Trinajstić information content (AvgIpc) is 2.68. The highest BCUT2D eigenvalue weighted by atomic mass is 32.1. The summed E-state index contributed by atoms with van der Waals surface area (Å²) in [6, 6.07) is 0. The molecule has 2 aromatic heterocycles. The summed E-state index contributed by atoms with van der Waals surface area (Å²) >= 11 is 1.19. The maximum atomic E-state index is 11.1. The van der Waals surface area contributed by atoms with Crippen LogP contribution in [0.1, 0.15) is 35.0 Å². The number of hydrogen-bond acceptors (Lipinski definition) is 5. The number of aromatic carboxylic acids is 1. The van der Waals surface area contributed by atoms with E-state index < -0.39 is 5.97 Å². The molecule has 0 aromatic carbocycles. The fourth-order valence-electron chi connectivity index (χ4n) is 1.79. The van der Waals surface area contributed by atoms with Crippen LogP contribution in [0.4, 0.5) is 5.82 Å². The minimum atomic E-state index is -0.907. The molecule has 0 unspecified atom stereocenters. The van der Waals surface area contributed by atoms with Crippen molar-refractivity contribution in [2.24, 2.45) is 0 Å². The maximum Gasteiger partial charge on any atom is 0.346 e. The molecule has 2 N–H and O–H groups in total. The molecule has 0 atom stereocenters. The first-order chi connectivity index (χ1) is 8.65. The SMILES string of the molecule is CCCCNc1ncnc2sc(C(=O)O)c(C)c12. The number of nitrogens with zero attached hydrogens (tertiary/aromatic N) is 2. The van der Waals surface area contributed by atoms with Crippen molar-refractivity contribution in [3.63, 3.8) is 0 Å². The summed E-state index contributed by atoms with van der Waals surface area (Å²) in [5.41, 5.74) is 0.738. The number of aromatic nitrogens is 2. The molecular formula is C12H15N3O2S. The number of anilines is 1. The Balaban J connectivity index is 2.44. The second-order valence-electron chi connectivity index (χ2n) is 4.04. The Morgan fingerprint density at radius 2 is 2.28 bits per heavy atom. The number of rotatable bonds is 5. The number of aryl methyl sites for hydroxylation is 1. The van der Waals surface area contributed by atoms with Gasteiger partial charge in [0.15, 0.2) is 0 Å². The van der Waals surface area contributed by atoms with Crippen molar-refractivity contribution in [1.82, 2.24) is 9.97 Å². The molecule has 0 aliphatic rings. The van der Waals surface area contributed by atoms with Crippen molar-refractivity contribution in [3.05, 3.63) is 16.8 Å². The summed E-state index contributed by atoms with van der Waals surface area (Å²) in [5, 5.41) is 13.2. The van der Waals surface area contributed by atoms with Crippen LogP contribution in [0, 0.1) is 6.92 Å². The van der Waals surface area contributed by atoms with Gasteiger partial charge in [-0.05, 0) is 18.9 Å². The molecule has 2 rings (SSSR count). The minimum Gasteiger partial charge on any atom is -0.477 e. The summed E-state index contributed by atoms with van der Waals surface area (Å²) in [6.45, 7) is 4.76. The van der Waals surface area contributed by atoms with Crippen LogP contribution >= 0.6 is 11.3 Å². The maximum absolute atomic E-state index is 11.1. The summed E-state index contributed by atoms with van der Waals surface area (Å²) in [6.07, 6.45) is 3.63. The van der Waals surface area contributed by atoms with Gasteiger partial charge in [-0.2, -0.15) is 0 Å². The van der Waals surface area contributed by atoms with Gasteiger partial charge in [0, 0.05) is 6.54 Å². The molecule has 5 nitrogen and oxygen atoms in total. The zero-order valence-electron chi connectivity index (χ0n) is 10.4. The monoisotopic (exact) mass is 265 g/mol. The molecule has 0 saturated carbocycles. The number of unbranched alkanes of at least 4 members (excludes halogenated alkanes) is 1. The van der Waals surface area contributed by atoms with E-state index in [1.165, 1.54) is 17.7 Å². The van der Waals surface area contributed by atoms with E-state index in [2.05, 4.69) is 22.2 Å². The van der Waals surface area contributed by atoms with Gasteiger partial charge in [0.1, 0.15) is 21.9 Å². The van der Waals surface area contributed by atoms with E-state index in [4.69, 9.17) is 5.11 Å². The molecule has 0 fully saturated rings. The number of thiophene rings is 1. The fraction of sp³-hybridized carbons (Fsp3) is 0.417. The van der Waals surface area contributed by atoms with Crippen molar-refractivity contribution < 1.29 is 9.90 Å². The van der Waals surface area contributed by atoms with Crippen molar-refractivity contribution in [2.75, 3.05) is 11.9 Å². The highest BCUT2D eigenvalue weighted by Gasteiger charge is 2.18. The highest BCUT2D eigenvalue weighted by Crippen LogP contribution is 2.33. The molecule has 0 amide bonds. The predicted octanol–water partition coefficient (Wildman–Crippen LogP) is 2.91. The number of nitrogens with one attached hydrogen (secondary N) is 1. The molecular weight excluding hydrogens is 250 g/mol. The van der Waals surface area contributed by atoms with Gasteiger partial charge in [0.2, 0.25) is 0 Å². The zero-order valence-corrected chi connectivity index (χ0v) is 11.2. The van der Waals surface area contributed by atoms with Gasteiger partial charge in [-0.1, -0.05) is 13.3 Å². The number of carboxylic acid groups (broad SMARTS) is 1. The lowest BCUT2D eigenvalue weighted by Gasteiger charge is -2.05. The molecule has 6 heteroatoms. The van der Waals surface area contributed by atoms with Crippen LogP contribution in [-0.2, 0) is 0 Å². The molecule has 0 radical (unpaired) electrons. The standard InChI is InChI=1S/C12H15N3O2S/c1-3-4-5-13-10-8-7(2)9(12(16)17)18-11(8)15-6-14-10/h6H,3-5H2,1-2H3,(H,16,17)(H,13,14,15). The molecule has 0 saturated heterocycles. The van der Waals surface area contributed by atoms with Crippen LogP contribution in [0.25, 0.3) is 10.2 Å². The summed E-state index contributed by atoms with van der Waals surface area (Å²) in [4.78, 5) is 20.5. The van der Waals surface area contributed by atoms with E-state index in [1.54, 1.807) is 6.92 Å². The van der Waals surface area contributed by atoms with Crippen molar-refractivity contribution >= 4 is 33.3 Å². The Hall–Kier alpha value is -1.69. The topological polar surface area (TPSA) is 75.1 Å². The molecule has 0 spiro atoms. The lowest BCUT2D eigenvalue weighted by atomic mass is 10.2. The minimum absolute atomic E-state index is 0.337. The normalized spacial score (nSPS) is 10.8. The van der Waals surface area contributed by atoms with Gasteiger partial charge in [0.05, 0.1) is 5.39 Å². The van der Waals surface area contributed by atoms with Crippen molar-refractivity contribution in [2.45, 2.75) is 26.7 Å². The lowest BCUT2D eigenvalue weighted by molar-refractivity contribution is 0.0701. The fourth-order valence-corrected chi connectivity index (χ4v) is 2.78. The van der Waals surface area contributed by atoms with Crippen LogP contribution in [0.3, 0.4) is 0 Å². The Morgan fingerprint density at radius 3 is 2.94 bits per heavy atom. The van der Waals surface area contributed by atoms with Crippen molar-refractivity contribution in [3.8, 4) is 0 Å². The third-order valence-electron chi connectivity index (χ3n) is 2.74. The molecule has 96 valence electrons. The molecule has 18 heavy (non-hydrogen) atoms. The van der Waals surface area contributed by atoms with E-state index in [9.17, 15) is 4.79 Å². The van der Waals surface area contributed by atoms with Gasteiger partial charge in [-0.15, -0.1) is 11.3 Å². The molecule has 0 aliphatic carbocycles. The predicted molar refractivity (Wildman–Crippen MR) is 72.5 cm³/mol. The Bertz CT molecular complexity index is 580. The molecule has 2 aromatic rings. The van der Waals surface area contributed by atoms with Crippen LogP contribution < -0.4 is 5.32 Å². The molecule has 0 bridgehead atoms. The quantitative estimate of drug-likeness (QED) is 0.813. The second-order valence-corrected chi connectivity index (χ2v) is 5.04. The first kappa shape index (κ1) is 12.8. The summed E-state index contributed by atoms with van der Waals surface area (Å²) in [7, 11) is 0. The number of fused-ring (bicyclic) bond motifs is 1. The summed E-state index contributed by atoms with van der Waals surface area (Å²) in [5.74, 6) is -0.176. The van der Waals surface area contributed by atoms with Gasteiger partial charge in [-0.3, -0.25) is 0 Å². The van der Waals surface area contributed by atoms with Gasteiger partial charge in [0.25, 0.3) is 0 Å². The smallest absolute Gasteiger partial charge is 0.346 e. The largest absolute Gasteiger partial charge is 0.477 e. The first-order valence-electron chi connectivity index (χ1n) is 5.86. The number of carbonyl (C=O) groups is 1. The number of hydrogen-bond donors (Lipinski definition) is 2. The highest BCUT2D eigenvalue weighted by molar-refractivity contribution is 7.20. The van der Waals surface area contributed by atoms with Crippen molar-refractivity contribution in [1.29, 1.82) is 0 Å². The zero-order chi connectivity index (χ0) is 13.1. The Labute approximate surface area is 109 Å². The van der Waals surface area contributed by atoms with Gasteiger partial charge < -0.3 is 10.4 Å². The third-order valence-corrected chi connectivity index (χ3v) is 3.93. The van der Waals surface area contributed by atoms with E-state index >= 15 is 0 Å². The van der Waals surface area contributed by atoms with Crippen LogP contribution in [-0.4, -0.2) is 27.6 Å². The van der Waals surface area contributed by atoms with E-state index in [1.807, 2.05) is 0 Å². The Morgan fingerprint density at radius 1 is 1.50 bits per heavy atom. The van der Waals surface area contributed by atoms with Crippen LogP contribution in [0.5, 0.6) is 0 Å².